The minimum absolute atomic E-state index is 0.0623. The van der Waals surface area contributed by atoms with E-state index in [1.807, 2.05) is 49.9 Å². The van der Waals surface area contributed by atoms with Gasteiger partial charge in [-0.3, -0.25) is 9.59 Å². The molecule has 2 rings (SSSR count). The Morgan fingerprint density at radius 1 is 1.41 bits per heavy atom. The van der Waals surface area contributed by atoms with Gasteiger partial charge in [-0.05, 0) is 44.9 Å². The van der Waals surface area contributed by atoms with E-state index in [0.29, 0.717) is 19.5 Å². The molecule has 1 aliphatic rings. The number of rotatable bonds is 5. The minimum Gasteiger partial charge on any atom is -0.339 e. The number of likely N-dealkylation sites (tertiary alicyclic amines) is 1. The smallest absolute Gasteiger partial charge is 0.232 e. The molecule has 0 aromatic heterocycles. The summed E-state index contributed by atoms with van der Waals surface area (Å²) in [7, 11) is 0. The predicted octanol–water partition coefficient (Wildman–Crippen LogP) is 2.99. The molecule has 1 aromatic rings. The fraction of sp³-hybridized carbons (Fsp3) is 0.556. The molecule has 0 radical (unpaired) electrons. The number of carbonyl (C=O) groups excluding carboxylic acids is 2. The molecule has 0 saturated carbocycles. The number of hydrogen-bond donors (Lipinski definition) is 0. The predicted molar refractivity (Wildman–Crippen MR) is 88.8 cm³/mol. The molecule has 0 aliphatic carbocycles. The van der Waals surface area contributed by atoms with Crippen LogP contribution in [-0.4, -0.2) is 35.8 Å². The van der Waals surface area contributed by atoms with Crippen molar-refractivity contribution in [3.8, 4) is 0 Å². The second-order valence-electron chi connectivity index (χ2n) is 6.13. The molecular formula is C18H26N2O2. The Hall–Kier alpha value is -1.84. The third-order valence-electron chi connectivity index (χ3n) is 4.53. The Kier molecular flexibility index (Phi) is 5.22. The average Bonchev–Trinajstić information content (AvgIpc) is 2.89. The summed E-state index contributed by atoms with van der Waals surface area (Å²) in [5, 5.41) is 0. The van der Waals surface area contributed by atoms with Crippen LogP contribution in [0.4, 0.5) is 5.69 Å². The van der Waals surface area contributed by atoms with Gasteiger partial charge in [0.2, 0.25) is 11.8 Å². The lowest BCUT2D eigenvalue weighted by Crippen LogP contribution is -2.39. The highest BCUT2D eigenvalue weighted by molar-refractivity contribution is 5.99. The molecule has 1 aliphatic heterocycles. The second kappa shape index (κ2) is 6.95. The fourth-order valence-corrected chi connectivity index (χ4v) is 3.03. The number of carbonyl (C=O) groups is 2. The van der Waals surface area contributed by atoms with Crippen molar-refractivity contribution in [2.24, 2.45) is 5.92 Å². The van der Waals surface area contributed by atoms with Crippen LogP contribution >= 0.6 is 0 Å². The Morgan fingerprint density at radius 2 is 2.14 bits per heavy atom. The quantitative estimate of drug-likeness (QED) is 0.839. The summed E-state index contributed by atoms with van der Waals surface area (Å²) < 4.78 is 0. The second-order valence-corrected chi connectivity index (χ2v) is 6.13. The summed E-state index contributed by atoms with van der Waals surface area (Å²) in [6.07, 6.45) is 1.26. The highest BCUT2D eigenvalue weighted by Gasteiger charge is 2.38. The molecule has 2 unspecified atom stereocenters. The van der Waals surface area contributed by atoms with Crippen LogP contribution in [0.2, 0.25) is 0 Å². The van der Waals surface area contributed by atoms with Gasteiger partial charge in [-0.2, -0.15) is 0 Å². The van der Waals surface area contributed by atoms with E-state index < -0.39 is 0 Å². The first-order valence-corrected chi connectivity index (χ1v) is 8.15. The molecule has 1 heterocycles. The summed E-state index contributed by atoms with van der Waals surface area (Å²) in [4.78, 5) is 28.6. The van der Waals surface area contributed by atoms with Gasteiger partial charge in [-0.25, -0.2) is 0 Å². The van der Waals surface area contributed by atoms with Crippen molar-refractivity contribution in [3.63, 3.8) is 0 Å². The Labute approximate surface area is 133 Å². The summed E-state index contributed by atoms with van der Waals surface area (Å²) in [6.45, 7) is 9.28. The molecule has 4 heteroatoms. The van der Waals surface area contributed by atoms with Gasteiger partial charge < -0.3 is 9.80 Å². The molecule has 1 fully saturated rings. The van der Waals surface area contributed by atoms with E-state index in [4.69, 9.17) is 0 Å². The standard InChI is InChI=1S/C18H26N2O2/c1-5-14(4)20-12-15(11-17(20)21)18(22)19(6-2)16-9-7-8-13(3)10-16/h7-10,14-15H,5-6,11-12H2,1-4H3. The van der Waals surface area contributed by atoms with Gasteiger partial charge in [0, 0.05) is 31.2 Å². The number of amides is 2. The Bertz CT molecular complexity index is 556. The van der Waals surface area contributed by atoms with Crippen LogP contribution in [0.5, 0.6) is 0 Å². The zero-order valence-electron chi connectivity index (χ0n) is 14.0. The first kappa shape index (κ1) is 16.5. The van der Waals surface area contributed by atoms with Crippen LogP contribution in [0, 0.1) is 12.8 Å². The monoisotopic (exact) mass is 302 g/mol. The topological polar surface area (TPSA) is 40.6 Å². The van der Waals surface area contributed by atoms with Crippen molar-refractivity contribution in [2.45, 2.75) is 46.6 Å². The third-order valence-corrected chi connectivity index (χ3v) is 4.53. The molecule has 0 bridgehead atoms. The molecular weight excluding hydrogens is 276 g/mol. The zero-order chi connectivity index (χ0) is 16.3. The summed E-state index contributed by atoms with van der Waals surface area (Å²) in [6, 6.07) is 8.17. The third kappa shape index (κ3) is 3.32. The first-order valence-electron chi connectivity index (χ1n) is 8.15. The molecule has 0 N–H and O–H groups in total. The van der Waals surface area contributed by atoms with Crippen molar-refractivity contribution in [1.29, 1.82) is 0 Å². The van der Waals surface area contributed by atoms with Gasteiger partial charge in [-0.15, -0.1) is 0 Å². The maximum absolute atomic E-state index is 12.8. The lowest BCUT2D eigenvalue weighted by atomic mass is 10.1. The van der Waals surface area contributed by atoms with Crippen molar-refractivity contribution >= 4 is 17.5 Å². The van der Waals surface area contributed by atoms with Crippen LogP contribution in [0.15, 0.2) is 24.3 Å². The maximum Gasteiger partial charge on any atom is 0.232 e. The molecule has 22 heavy (non-hydrogen) atoms. The van der Waals surface area contributed by atoms with Gasteiger partial charge in [0.05, 0.1) is 5.92 Å². The molecule has 1 saturated heterocycles. The molecule has 2 atom stereocenters. The zero-order valence-corrected chi connectivity index (χ0v) is 14.0. The highest BCUT2D eigenvalue weighted by Crippen LogP contribution is 2.26. The number of benzene rings is 1. The first-order chi connectivity index (χ1) is 10.5. The van der Waals surface area contributed by atoms with Gasteiger partial charge in [-0.1, -0.05) is 19.1 Å². The molecule has 120 valence electrons. The van der Waals surface area contributed by atoms with E-state index >= 15 is 0 Å². The SMILES string of the molecule is CCC(C)N1CC(C(=O)N(CC)c2cccc(C)c2)CC1=O. The summed E-state index contributed by atoms with van der Waals surface area (Å²) in [5.41, 5.74) is 2.05. The van der Waals surface area contributed by atoms with Crippen LogP contribution in [0.3, 0.4) is 0 Å². The molecule has 0 spiro atoms. The van der Waals surface area contributed by atoms with Crippen LogP contribution in [-0.2, 0) is 9.59 Å². The van der Waals surface area contributed by atoms with Crippen molar-refractivity contribution in [2.75, 3.05) is 18.0 Å². The normalized spacial score (nSPS) is 19.4. The van der Waals surface area contributed by atoms with E-state index in [-0.39, 0.29) is 23.8 Å². The van der Waals surface area contributed by atoms with E-state index in [0.717, 1.165) is 17.7 Å². The van der Waals surface area contributed by atoms with Crippen LogP contribution in [0.25, 0.3) is 0 Å². The molecule has 1 aromatic carbocycles. The van der Waals surface area contributed by atoms with Crippen LogP contribution < -0.4 is 4.90 Å². The van der Waals surface area contributed by atoms with Gasteiger partial charge in [0.1, 0.15) is 0 Å². The molecule has 4 nitrogen and oxygen atoms in total. The van der Waals surface area contributed by atoms with Crippen molar-refractivity contribution in [3.05, 3.63) is 29.8 Å². The lowest BCUT2D eigenvalue weighted by Gasteiger charge is -2.26. The van der Waals surface area contributed by atoms with E-state index in [2.05, 4.69) is 6.92 Å². The summed E-state index contributed by atoms with van der Waals surface area (Å²) in [5.74, 6) is -0.0535. The largest absolute Gasteiger partial charge is 0.339 e. The average molecular weight is 302 g/mol. The van der Waals surface area contributed by atoms with Gasteiger partial charge in [0.25, 0.3) is 0 Å². The lowest BCUT2D eigenvalue weighted by molar-refractivity contribution is -0.129. The van der Waals surface area contributed by atoms with E-state index in [1.54, 1.807) is 4.90 Å². The Morgan fingerprint density at radius 3 is 2.73 bits per heavy atom. The van der Waals surface area contributed by atoms with Gasteiger partial charge in [0.15, 0.2) is 0 Å². The number of hydrogen-bond acceptors (Lipinski definition) is 2. The maximum atomic E-state index is 12.8. The highest BCUT2D eigenvalue weighted by atomic mass is 16.2. The van der Waals surface area contributed by atoms with E-state index in [9.17, 15) is 9.59 Å². The Balaban J connectivity index is 2.15. The van der Waals surface area contributed by atoms with Crippen molar-refractivity contribution < 1.29 is 9.59 Å². The minimum atomic E-state index is -0.220. The summed E-state index contributed by atoms with van der Waals surface area (Å²) >= 11 is 0. The van der Waals surface area contributed by atoms with Gasteiger partial charge >= 0.3 is 0 Å². The molecule has 2 amide bonds. The fourth-order valence-electron chi connectivity index (χ4n) is 3.03. The van der Waals surface area contributed by atoms with Crippen molar-refractivity contribution in [1.82, 2.24) is 4.90 Å². The van der Waals surface area contributed by atoms with Crippen LogP contribution in [0.1, 0.15) is 39.2 Å². The number of anilines is 1. The number of aryl methyl sites for hydroxylation is 1. The van der Waals surface area contributed by atoms with E-state index in [1.165, 1.54) is 0 Å². The number of nitrogens with zero attached hydrogens (tertiary/aromatic N) is 2.